The van der Waals surface area contributed by atoms with Gasteiger partial charge in [0.25, 0.3) is 0 Å². The lowest BCUT2D eigenvalue weighted by Gasteiger charge is -2.27. The van der Waals surface area contributed by atoms with Crippen LogP contribution in [-0.4, -0.2) is 55.7 Å². The average Bonchev–Trinajstić information content (AvgIpc) is 2.38. The number of morpholine rings is 1. The molecule has 7 heteroatoms. The minimum atomic E-state index is -3.07. The fourth-order valence-corrected chi connectivity index (χ4v) is 6.17. The predicted octanol–water partition coefficient (Wildman–Crippen LogP) is 3.79. The van der Waals surface area contributed by atoms with Gasteiger partial charge in [-0.05, 0) is 38.6 Å². The molecule has 1 rings (SSSR count). The van der Waals surface area contributed by atoms with Crippen LogP contribution in [0.4, 0.5) is 0 Å². The third-order valence-corrected chi connectivity index (χ3v) is 7.10. The summed E-state index contributed by atoms with van der Waals surface area (Å²) in [6, 6.07) is 0. The molecule has 0 saturated carbocycles. The van der Waals surface area contributed by atoms with Crippen molar-refractivity contribution < 1.29 is 18.3 Å². The first-order chi connectivity index (χ1) is 9.95. The van der Waals surface area contributed by atoms with E-state index in [2.05, 4.69) is 11.8 Å². The summed E-state index contributed by atoms with van der Waals surface area (Å²) in [5, 5.41) is 0. The summed E-state index contributed by atoms with van der Waals surface area (Å²) in [5.41, 5.74) is 0. The first-order valence-electron chi connectivity index (χ1n) is 7.86. The fourth-order valence-electron chi connectivity index (χ4n) is 2.13. The van der Waals surface area contributed by atoms with Gasteiger partial charge in [0.05, 0.1) is 25.4 Å². The van der Waals surface area contributed by atoms with Crippen LogP contribution in [0, 0.1) is 0 Å². The molecule has 126 valence electrons. The van der Waals surface area contributed by atoms with Crippen molar-refractivity contribution in [2.45, 2.75) is 52.7 Å². The van der Waals surface area contributed by atoms with Gasteiger partial charge in [-0.1, -0.05) is 13.3 Å². The van der Waals surface area contributed by atoms with Crippen molar-refractivity contribution in [2.75, 3.05) is 38.6 Å². The minimum absolute atomic E-state index is 0.0320. The molecule has 0 aromatic carbocycles. The van der Waals surface area contributed by atoms with E-state index in [1.807, 2.05) is 20.8 Å². The molecule has 1 heterocycles. The van der Waals surface area contributed by atoms with Crippen LogP contribution in [0.25, 0.3) is 0 Å². The van der Waals surface area contributed by atoms with Crippen LogP contribution in [-0.2, 0) is 18.3 Å². The SMILES string of the molecule is CCCC(C)OP(=O)(OC(C)C)SCCN1CCOCC1. The molecule has 5 nitrogen and oxygen atoms in total. The third kappa shape index (κ3) is 8.58. The van der Waals surface area contributed by atoms with Gasteiger partial charge in [0.1, 0.15) is 0 Å². The molecule has 0 radical (unpaired) electrons. The highest BCUT2D eigenvalue weighted by atomic mass is 32.7. The minimum Gasteiger partial charge on any atom is -0.379 e. The van der Waals surface area contributed by atoms with Crippen molar-refractivity contribution in [3.63, 3.8) is 0 Å². The maximum atomic E-state index is 12.8. The first kappa shape index (κ1) is 19.5. The Kier molecular flexibility index (Phi) is 9.49. The summed E-state index contributed by atoms with van der Waals surface area (Å²) in [5.74, 6) is 0.753. The van der Waals surface area contributed by atoms with Crippen molar-refractivity contribution in [2.24, 2.45) is 0 Å². The maximum Gasteiger partial charge on any atom is 0.389 e. The van der Waals surface area contributed by atoms with E-state index in [-0.39, 0.29) is 12.2 Å². The van der Waals surface area contributed by atoms with E-state index in [0.717, 1.165) is 51.4 Å². The van der Waals surface area contributed by atoms with Crippen LogP contribution in [0.2, 0.25) is 0 Å². The summed E-state index contributed by atoms with van der Waals surface area (Å²) >= 11 is 1.33. The normalized spacial score (nSPS) is 21.4. The Morgan fingerprint density at radius 1 is 1.24 bits per heavy atom. The molecular formula is C14H30NO4PS. The largest absolute Gasteiger partial charge is 0.389 e. The standard InChI is InChI=1S/C14H30NO4PS/c1-5-6-14(4)19-20(16,18-13(2)3)21-12-9-15-7-10-17-11-8-15/h13-14H,5-12H2,1-4H3. The van der Waals surface area contributed by atoms with E-state index in [9.17, 15) is 4.57 Å². The second kappa shape index (κ2) is 10.2. The van der Waals surface area contributed by atoms with Crippen molar-refractivity contribution in [3.8, 4) is 0 Å². The predicted molar refractivity (Wildman–Crippen MR) is 89.0 cm³/mol. The number of ether oxygens (including phenoxy) is 1. The van der Waals surface area contributed by atoms with E-state index in [1.54, 1.807) is 0 Å². The molecule has 0 aromatic rings. The highest BCUT2D eigenvalue weighted by molar-refractivity contribution is 8.55. The molecule has 0 aromatic heterocycles. The lowest BCUT2D eigenvalue weighted by atomic mass is 10.2. The van der Waals surface area contributed by atoms with Gasteiger partial charge < -0.3 is 4.74 Å². The van der Waals surface area contributed by atoms with E-state index in [0.29, 0.717) is 0 Å². The van der Waals surface area contributed by atoms with Crippen molar-refractivity contribution in [1.82, 2.24) is 4.90 Å². The quantitative estimate of drug-likeness (QED) is 0.564. The Bertz CT molecular complexity index is 324. The molecule has 1 saturated heterocycles. The van der Waals surface area contributed by atoms with Crippen LogP contribution in [0.1, 0.15) is 40.5 Å². The molecule has 0 bridgehead atoms. The highest BCUT2D eigenvalue weighted by Gasteiger charge is 2.29. The lowest BCUT2D eigenvalue weighted by Crippen LogP contribution is -2.37. The molecule has 0 aliphatic carbocycles. The molecule has 1 aliphatic heterocycles. The summed E-state index contributed by atoms with van der Waals surface area (Å²) in [6.07, 6.45) is 1.78. The van der Waals surface area contributed by atoms with Gasteiger partial charge in [-0.25, -0.2) is 4.57 Å². The van der Waals surface area contributed by atoms with Crippen LogP contribution >= 0.6 is 18.2 Å². The number of nitrogens with zero attached hydrogens (tertiary/aromatic N) is 1. The van der Waals surface area contributed by atoms with E-state index in [4.69, 9.17) is 13.8 Å². The van der Waals surface area contributed by atoms with Gasteiger partial charge in [0, 0.05) is 25.4 Å². The lowest BCUT2D eigenvalue weighted by molar-refractivity contribution is 0.0410. The summed E-state index contributed by atoms with van der Waals surface area (Å²) in [7, 11) is 0. The first-order valence-corrected chi connectivity index (χ1v) is 11.0. The van der Waals surface area contributed by atoms with Crippen LogP contribution < -0.4 is 0 Å². The zero-order chi connectivity index (χ0) is 15.7. The van der Waals surface area contributed by atoms with Gasteiger partial charge in [0.15, 0.2) is 0 Å². The summed E-state index contributed by atoms with van der Waals surface area (Å²) in [6.45, 7) is 9.13. The molecule has 2 atom stereocenters. The zero-order valence-corrected chi connectivity index (χ0v) is 15.5. The second-order valence-electron chi connectivity index (χ2n) is 5.59. The molecule has 1 aliphatic rings. The molecule has 0 amide bonds. The Morgan fingerprint density at radius 3 is 2.48 bits per heavy atom. The van der Waals surface area contributed by atoms with Crippen molar-refractivity contribution in [3.05, 3.63) is 0 Å². The van der Waals surface area contributed by atoms with Gasteiger partial charge in [-0.3, -0.25) is 13.9 Å². The second-order valence-corrected chi connectivity index (χ2v) is 9.69. The average molecular weight is 339 g/mol. The fraction of sp³-hybridized carbons (Fsp3) is 1.00. The Balaban J connectivity index is 2.42. The third-order valence-electron chi connectivity index (χ3n) is 3.10. The number of hydrogen-bond donors (Lipinski definition) is 0. The Morgan fingerprint density at radius 2 is 1.90 bits per heavy atom. The Labute approximate surface area is 133 Å². The summed E-state index contributed by atoms with van der Waals surface area (Å²) in [4.78, 5) is 2.33. The topological polar surface area (TPSA) is 48.0 Å². The van der Waals surface area contributed by atoms with Gasteiger partial charge in [-0.2, -0.15) is 0 Å². The molecule has 21 heavy (non-hydrogen) atoms. The maximum absolute atomic E-state index is 12.8. The van der Waals surface area contributed by atoms with E-state index in [1.165, 1.54) is 11.4 Å². The van der Waals surface area contributed by atoms with Gasteiger partial charge in [-0.15, -0.1) is 0 Å². The van der Waals surface area contributed by atoms with Gasteiger partial charge >= 0.3 is 6.80 Å². The van der Waals surface area contributed by atoms with E-state index < -0.39 is 6.80 Å². The van der Waals surface area contributed by atoms with Gasteiger partial charge in [0.2, 0.25) is 0 Å². The molecule has 0 N–H and O–H groups in total. The van der Waals surface area contributed by atoms with Crippen molar-refractivity contribution >= 4 is 18.2 Å². The highest BCUT2D eigenvalue weighted by Crippen LogP contribution is 2.62. The summed E-state index contributed by atoms with van der Waals surface area (Å²) < 4.78 is 29.5. The smallest absolute Gasteiger partial charge is 0.379 e. The molecule has 0 spiro atoms. The monoisotopic (exact) mass is 339 g/mol. The van der Waals surface area contributed by atoms with Crippen LogP contribution in [0.5, 0.6) is 0 Å². The molecule has 1 fully saturated rings. The number of hydrogen-bond acceptors (Lipinski definition) is 6. The molecule has 2 unspecified atom stereocenters. The number of rotatable bonds is 10. The zero-order valence-electron chi connectivity index (χ0n) is 13.7. The van der Waals surface area contributed by atoms with Crippen molar-refractivity contribution in [1.29, 1.82) is 0 Å². The van der Waals surface area contributed by atoms with Crippen LogP contribution in [0.3, 0.4) is 0 Å². The Hall–Kier alpha value is 0.420. The van der Waals surface area contributed by atoms with Crippen LogP contribution in [0.15, 0.2) is 0 Å². The van der Waals surface area contributed by atoms with E-state index >= 15 is 0 Å². The molecular weight excluding hydrogens is 309 g/mol.